The summed E-state index contributed by atoms with van der Waals surface area (Å²) in [6, 6.07) is 8.42. The lowest BCUT2D eigenvalue weighted by atomic mass is 10.1. The van der Waals surface area contributed by atoms with Gasteiger partial charge in [-0.1, -0.05) is 12.1 Å². The standard InChI is InChI=1S/C12H17NO/c1-13-8-10-7-12(10)9-4-3-5-11(6-9)14-2/h3-6,10,12-13H,7-8H2,1-2H3/t10-,12+/m1/s1. The molecule has 1 aromatic rings. The summed E-state index contributed by atoms with van der Waals surface area (Å²) in [4.78, 5) is 0. The normalized spacial score (nSPS) is 24.7. The molecule has 76 valence electrons. The topological polar surface area (TPSA) is 21.3 Å². The number of ether oxygens (including phenoxy) is 1. The van der Waals surface area contributed by atoms with E-state index >= 15 is 0 Å². The van der Waals surface area contributed by atoms with Crippen LogP contribution in [0.25, 0.3) is 0 Å². The summed E-state index contributed by atoms with van der Waals surface area (Å²) in [6.07, 6.45) is 1.31. The van der Waals surface area contributed by atoms with Crippen LogP contribution in [-0.2, 0) is 0 Å². The van der Waals surface area contributed by atoms with Gasteiger partial charge in [-0.25, -0.2) is 0 Å². The zero-order valence-electron chi connectivity index (χ0n) is 8.79. The molecule has 14 heavy (non-hydrogen) atoms. The zero-order chi connectivity index (χ0) is 9.97. The lowest BCUT2D eigenvalue weighted by Crippen LogP contribution is -2.10. The van der Waals surface area contributed by atoms with Crippen LogP contribution in [-0.4, -0.2) is 20.7 Å². The largest absolute Gasteiger partial charge is 0.497 e. The van der Waals surface area contributed by atoms with Gasteiger partial charge in [0.25, 0.3) is 0 Å². The average Bonchev–Trinajstić information content (AvgIpc) is 2.98. The highest BCUT2D eigenvalue weighted by atomic mass is 16.5. The Balaban J connectivity index is 2.03. The molecule has 1 saturated carbocycles. The second-order valence-electron chi connectivity index (χ2n) is 3.94. The molecule has 1 aliphatic rings. The molecule has 1 fully saturated rings. The molecule has 1 aliphatic carbocycles. The highest BCUT2D eigenvalue weighted by Gasteiger charge is 2.37. The van der Waals surface area contributed by atoms with Crippen LogP contribution in [0.3, 0.4) is 0 Å². The molecule has 1 aromatic carbocycles. The third-order valence-electron chi connectivity index (χ3n) is 2.91. The summed E-state index contributed by atoms with van der Waals surface area (Å²) in [5.74, 6) is 2.54. The van der Waals surface area contributed by atoms with Gasteiger partial charge in [0.2, 0.25) is 0 Å². The molecule has 0 amide bonds. The van der Waals surface area contributed by atoms with Crippen LogP contribution in [0, 0.1) is 5.92 Å². The molecular formula is C12H17NO. The molecular weight excluding hydrogens is 174 g/mol. The molecule has 0 spiro atoms. The zero-order valence-corrected chi connectivity index (χ0v) is 8.79. The molecule has 0 bridgehead atoms. The number of benzene rings is 1. The maximum Gasteiger partial charge on any atom is 0.119 e. The molecule has 0 unspecified atom stereocenters. The van der Waals surface area contributed by atoms with Crippen molar-refractivity contribution < 1.29 is 4.74 Å². The van der Waals surface area contributed by atoms with Crippen LogP contribution in [0.2, 0.25) is 0 Å². The summed E-state index contributed by atoms with van der Waals surface area (Å²) in [5.41, 5.74) is 1.42. The van der Waals surface area contributed by atoms with Crippen LogP contribution < -0.4 is 10.1 Å². The Morgan fingerprint density at radius 3 is 3.07 bits per heavy atom. The van der Waals surface area contributed by atoms with Gasteiger partial charge in [-0.3, -0.25) is 0 Å². The monoisotopic (exact) mass is 191 g/mol. The van der Waals surface area contributed by atoms with Crippen molar-refractivity contribution in [2.24, 2.45) is 5.92 Å². The summed E-state index contributed by atoms with van der Waals surface area (Å²) >= 11 is 0. The highest BCUT2D eigenvalue weighted by molar-refractivity contribution is 5.34. The van der Waals surface area contributed by atoms with Gasteiger partial charge in [0.1, 0.15) is 5.75 Å². The predicted octanol–water partition coefficient (Wildman–Crippen LogP) is 2.02. The average molecular weight is 191 g/mol. The van der Waals surface area contributed by atoms with Crippen molar-refractivity contribution in [2.75, 3.05) is 20.7 Å². The van der Waals surface area contributed by atoms with Gasteiger partial charge in [-0.2, -0.15) is 0 Å². The summed E-state index contributed by atoms with van der Waals surface area (Å²) in [7, 11) is 3.73. The fraction of sp³-hybridized carbons (Fsp3) is 0.500. The quantitative estimate of drug-likeness (QED) is 0.786. The van der Waals surface area contributed by atoms with Gasteiger partial charge in [-0.05, 0) is 49.5 Å². The van der Waals surface area contributed by atoms with Crippen molar-refractivity contribution in [2.45, 2.75) is 12.3 Å². The maximum absolute atomic E-state index is 5.21. The minimum absolute atomic E-state index is 0.748. The van der Waals surface area contributed by atoms with E-state index in [1.54, 1.807) is 7.11 Å². The molecule has 0 aliphatic heterocycles. The lowest BCUT2D eigenvalue weighted by Gasteiger charge is -2.03. The van der Waals surface area contributed by atoms with Crippen molar-refractivity contribution in [3.05, 3.63) is 29.8 Å². The molecule has 2 atom stereocenters. The van der Waals surface area contributed by atoms with E-state index in [0.717, 1.165) is 24.1 Å². The maximum atomic E-state index is 5.21. The fourth-order valence-electron chi connectivity index (χ4n) is 2.02. The molecule has 0 aromatic heterocycles. The second-order valence-corrected chi connectivity index (χ2v) is 3.94. The Morgan fingerprint density at radius 1 is 1.50 bits per heavy atom. The molecule has 0 radical (unpaired) electrons. The van der Waals surface area contributed by atoms with Gasteiger partial charge in [0.05, 0.1) is 7.11 Å². The van der Waals surface area contributed by atoms with E-state index in [1.807, 2.05) is 13.1 Å². The first-order valence-corrected chi connectivity index (χ1v) is 5.13. The molecule has 2 rings (SSSR count). The van der Waals surface area contributed by atoms with Crippen LogP contribution >= 0.6 is 0 Å². The smallest absolute Gasteiger partial charge is 0.119 e. The van der Waals surface area contributed by atoms with Gasteiger partial charge in [-0.15, -0.1) is 0 Å². The molecule has 0 saturated heterocycles. The molecule has 1 N–H and O–H groups in total. The third-order valence-corrected chi connectivity index (χ3v) is 2.91. The number of methoxy groups -OCH3 is 1. The number of rotatable bonds is 4. The van der Waals surface area contributed by atoms with Crippen molar-refractivity contribution in [1.29, 1.82) is 0 Å². The van der Waals surface area contributed by atoms with Crippen molar-refractivity contribution >= 4 is 0 Å². The van der Waals surface area contributed by atoms with E-state index in [0.29, 0.717) is 0 Å². The van der Waals surface area contributed by atoms with Crippen LogP contribution in [0.4, 0.5) is 0 Å². The third kappa shape index (κ3) is 1.90. The fourth-order valence-corrected chi connectivity index (χ4v) is 2.02. The molecule has 2 nitrogen and oxygen atoms in total. The van der Waals surface area contributed by atoms with Crippen molar-refractivity contribution in [3.8, 4) is 5.75 Å². The lowest BCUT2D eigenvalue weighted by molar-refractivity contribution is 0.414. The van der Waals surface area contributed by atoms with Crippen molar-refractivity contribution in [3.63, 3.8) is 0 Å². The van der Waals surface area contributed by atoms with Crippen LogP contribution in [0.5, 0.6) is 5.75 Å². The van der Waals surface area contributed by atoms with E-state index < -0.39 is 0 Å². The second kappa shape index (κ2) is 4.01. The summed E-state index contributed by atoms with van der Waals surface area (Å²) in [5, 5.41) is 3.23. The van der Waals surface area contributed by atoms with Crippen LogP contribution in [0.1, 0.15) is 17.9 Å². The Labute approximate surface area is 85.3 Å². The van der Waals surface area contributed by atoms with Gasteiger partial charge < -0.3 is 10.1 Å². The minimum atomic E-state index is 0.748. The van der Waals surface area contributed by atoms with Gasteiger partial charge in [0, 0.05) is 0 Å². The summed E-state index contributed by atoms with van der Waals surface area (Å²) in [6.45, 7) is 1.13. The van der Waals surface area contributed by atoms with Crippen LogP contribution in [0.15, 0.2) is 24.3 Å². The SMILES string of the molecule is CNC[C@H]1C[C@H]1c1cccc(OC)c1. The number of hydrogen-bond acceptors (Lipinski definition) is 2. The van der Waals surface area contributed by atoms with E-state index in [9.17, 15) is 0 Å². The first-order valence-electron chi connectivity index (χ1n) is 5.13. The van der Waals surface area contributed by atoms with E-state index in [-0.39, 0.29) is 0 Å². The summed E-state index contributed by atoms with van der Waals surface area (Å²) < 4.78 is 5.21. The first kappa shape index (κ1) is 9.53. The molecule has 2 heteroatoms. The highest BCUT2D eigenvalue weighted by Crippen LogP contribution is 2.47. The first-order chi connectivity index (χ1) is 6.85. The Kier molecular flexibility index (Phi) is 2.73. The van der Waals surface area contributed by atoms with Gasteiger partial charge in [0.15, 0.2) is 0 Å². The van der Waals surface area contributed by atoms with E-state index in [1.165, 1.54) is 12.0 Å². The minimum Gasteiger partial charge on any atom is -0.497 e. The number of hydrogen-bond donors (Lipinski definition) is 1. The predicted molar refractivity (Wildman–Crippen MR) is 57.8 cm³/mol. The Bertz CT molecular complexity index is 311. The van der Waals surface area contributed by atoms with E-state index in [4.69, 9.17) is 4.74 Å². The van der Waals surface area contributed by atoms with E-state index in [2.05, 4.69) is 23.5 Å². The number of nitrogens with one attached hydrogen (secondary N) is 1. The van der Waals surface area contributed by atoms with Crippen molar-refractivity contribution in [1.82, 2.24) is 5.32 Å². The Hall–Kier alpha value is -1.02. The van der Waals surface area contributed by atoms with Gasteiger partial charge >= 0.3 is 0 Å². The molecule has 0 heterocycles. The Morgan fingerprint density at radius 2 is 2.36 bits per heavy atom.